The number of aryl methyl sites for hydroxylation is 1. The standard InChI is InChI=1S/C17H21N3O2.HI/c1-12-6-8-14(9-7-12)20-17(18)19-11-16(21)13-4-3-5-15(10-13)22-2;/h3-10,16,21H,11H2,1-2H3,(H3,18,19,20);1H. The Labute approximate surface area is 153 Å². The zero-order valence-electron chi connectivity index (χ0n) is 13.2. The summed E-state index contributed by atoms with van der Waals surface area (Å²) in [5, 5.41) is 13.1. The van der Waals surface area contributed by atoms with Gasteiger partial charge in [0, 0.05) is 5.69 Å². The van der Waals surface area contributed by atoms with Gasteiger partial charge in [0.2, 0.25) is 0 Å². The first kappa shape index (κ1) is 19.2. The molecule has 0 aliphatic heterocycles. The van der Waals surface area contributed by atoms with Gasteiger partial charge in [0.15, 0.2) is 5.96 Å². The van der Waals surface area contributed by atoms with E-state index in [0.29, 0.717) is 5.75 Å². The summed E-state index contributed by atoms with van der Waals surface area (Å²) in [5.41, 5.74) is 8.61. The van der Waals surface area contributed by atoms with Gasteiger partial charge >= 0.3 is 0 Å². The molecule has 0 amide bonds. The summed E-state index contributed by atoms with van der Waals surface area (Å²) < 4.78 is 5.14. The van der Waals surface area contributed by atoms with E-state index in [0.717, 1.165) is 11.3 Å². The van der Waals surface area contributed by atoms with Crippen molar-refractivity contribution in [1.82, 2.24) is 0 Å². The van der Waals surface area contributed by atoms with E-state index in [-0.39, 0.29) is 36.5 Å². The average molecular weight is 427 g/mol. The van der Waals surface area contributed by atoms with Gasteiger partial charge in [-0.05, 0) is 36.8 Å². The van der Waals surface area contributed by atoms with Crippen LogP contribution < -0.4 is 15.8 Å². The van der Waals surface area contributed by atoms with Crippen LogP contribution in [-0.4, -0.2) is 24.7 Å². The third kappa shape index (κ3) is 6.07. The van der Waals surface area contributed by atoms with Crippen molar-refractivity contribution in [3.05, 3.63) is 59.7 Å². The van der Waals surface area contributed by atoms with E-state index in [4.69, 9.17) is 10.5 Å². The lowest BCUT2D eigenvalue weighted by atomic mass is 10.1. The molecular formula is C17H22IN3O2. The number of hydrogen-bond donors (Lipinski definition) is 3. The Kier molecular flexibility index (Phi) is 7.84. The first-order valence-corrected chi connectivity index (χ1v) is 7.04. The van der Waals surface area contributed by atoms with Crippen LogP contribution in [-0.2, 0) is 0 Å². The number of nitrogens with two attached hydrogens (primary N) is 1. The second-order valence-electron chi connectivity index (χ2n) is 5.01. The normalized spacial score (nSPS) is 12.2. The number of nitrogens with zero attached hydrogens (tertiary/aromatic N) is 1. The highest BCUT2D eigenvalue weighted by Gasteiger charge is 2.08. The summed E-state index contributed by atoms with van der Waals surface area (Å²) >= 11 is 0. The molecule has 0 aliphatic rings. The zero-order valence-corrected chi connectivity index (χ0v) is 15.5. The molecule has 6 heteroatoms. The largest absolute Gasteiger partial charge is 0.497 e. The van der Waals surface area contributed by atoms with E-state index in [1.165, 1.54) is 5.56 Å². The summed E-state index contributed by atoms with van der Waals surface area (Å²) in [6, 6.07) is 15.1. The summed E-state index contributed by atoms with van der Waals surface area (Å²) in [4.78, 5) is 4.17. The lowest BCUT2D eigenvalue weighted by Crippen LogP contribution is -2.23. The van der Waals surface area contributed by atoms with Crippen molar-refractivity contribution >= 4 is 35.6 Å². The molecule has 124 valence electrons. The Morgan fingerprint density at radius 3 is 2.61 bits per heavy atom. The SMILES string of the molecule is COc1cccc(C(O)CN=C(N)Nc2ccc(C)cc2)c1.I. The topological polar surface area (TPSA) is 79.9 Å². The molecule has 0 saturated heterocycles. The molecule has 0 heterocycles. The van der Waals surface area contributed by atoms with E-state index in [1.54, 1.807) is 13.2 Å². The fourth-order valence-electron chi connectivity index (χ4n) is 1.96. The molecule has 0 radical (unpaired) electrons. The number of anilines is 1. The van der Waals surface area contributed by atoms with Crippen molar-refractivity contribution in [3.8, 4) is 5.75 Å². The number of halogens is 1. The maximum atomic E-state index is 10.1. The van der Waals surface area contributed by atoms with Crippen molar-refractivity contribution in [3.63, 3.8) is 0 Å². The molecule has 0 fully saturated rings. The Bertz CT molecular complexity index is 645. The van der Waals surface area contributed by atoms with Crippen molar-refractivity contribution in [1.29, 1.82) is 0 Å². The molecular weight excluding hydrogens is 405 g/mol. The minimum absolute atomic E-state index is 0. The molecule has 2 aromatic rings. The van der Waals surface area contributed by atoms with Gasteiger partial charge in [-0.1, -0.05) is 29.8 Å². The highest BCUT2D eigenvalue weighted by atomic mass is 127. The number of benzene rings is 2. The summed E-state index contributed by atoms with van der Waals surface area (Å²) in [5.74, 6) is 0.970. The Morgan fingerprint density at radius 2 is 1.96 bits per heavy atom. The Balaban J connectivity index is 0.00000264. The van der Waals surface area contributed by atoms with Crippen molar-refractivity contribution in [2.24, 2.45) is 10.7 Å². The number of guanidine groups is 1. The summed E-state index contributed by atoms with van der Waals surface area (Å²) in [6.07, 6.45) is -0.728. The smallest absolute Gasteiger partial charge is 0.193 e. The highest BCUT2D eigenvalue weighted by Crippen LogP contribution is 2.19. The van der Waals surface area contributed by atoms with Crippen molar-refractivity contribution in [2.75, 3.05) is 19.0 Å². The minimum atomic E-state index is -0.728. The predicted octanol–water partition coefficient (Wildman–Crippen LogP) is 3.08. The van der Waals surface area contributed by atoms with Gasteiger partial charge in [-0.2, -0.15) is 0 Å². The van der Waals surface area contributed by atoms with Gasteiger partial charge in [0.05, 0.1) is 19.8 Å². The first-order valence-electron chi connectivity index (χ1n) is 7.04. The van der Waals surface area contributed by atoms with Crippen LogP contribution in [0.2, 0.25) is 0 Å². The molecule has 2 aromatic carbocycles. The molecule has 0 aliphatic carbocycles. The molecule has 5 nitrogen and oxygen atoms in total. The highest BCUT2D eigenvalue weighted by molar-refractivity contribution is 14.0. The van der Waals surface area contributed by atoms with Gasteiger partial charge in [-0.25, -0.2) is 0 Å². The Morgan fingerprint density at radius 1 is 1.26 bits per heavy atom. The van der Waals surface area contributed by atoms with E-state index in [2.05, 4.69) is 10.3 Å². The molecule has 4 N–H and O–H groups in total. The summed E-state index contributed by atoms with van der Waals surface area (Å²) in [7, 11) is 1.59. The zero-order chi connectivity index (χ0) is 15.9. The van der Waals surface area contributed by atoms with Crippen LogP contribution in [0.3, 0.4) is 0 Å². The van der Waals surface area contributed by atoms with E-state index < -0.39 is 6.10 Å². The molecule has 1 unspecified atom stereocenters. The van der Waals surface area contributed by atoms with Gasteiger partial charge in [0.1, 0.15) is 5.75 Å². The monoisotopic (exact) mass is 427 g/mol. The van der Waals surface area contributed by atoms with Crippen molar-refractivity contribution < 1.29 is 9.84 Å². The van der Waals surface area contributed by atoms with E-state index >= 15 is 0 Å². The fraction of sp³-hybridized carbons (Fsp3) is 0.235. The minimum Gasteiger partial charge on any atom is -0.497 e. The van der Waals surface area contributed by atoms with Crippen LogP contribution in [0, 0.1) is 6.92 Å². The number of hydrogen-bond acceptors (Lipinski definition) is 3. The fourth-order valence-corrected chi connectivity index (χ4v) is 1.96. The lowest BCUT2D eigenvalue weighted by molar-refractivity contribution is 0.187. The number of methoxy groups -OCH3 is 1. The predicted molar refractivity (Wildman–Crippen MR) is 105 cm³/mol. The average Bonchev–Trinajstić information content (AvgIpc) is 2.55. The third-order valence-electron chi connectivity index (χ3n) is 3.24. The molecule has 1 atom stereocenters. The van der Waals surface area contributed by atoms with Gasteiger partial charge in [-0.3, -0.25) is 4.99 Å². The number of aliphatic hydroxyl groups is 1. The quantitative estimate of drug-likeness (QED) is 0.389. The lowest BCUT2D eigenvalue weighted by Gasteiger charge is -2.11. The van der Waals surface area contributed by atoms with Gasteiger partial charge < -0.3 is 20.9 Å². The number of ether oxygens (including phenoxy) is 1. The van der Waals surface area contributed by atoms with Crippen LogP contribution in [0.5, 0.6) is 5.75 Å². The van der Waals surface area contributed by atoms with E-state index in [9.17, 15) is 5.11 Å². The first-order chi connectivity index (χ1) is 10.6. The Hall–Kier alpha value is -1.80. The number of aliphatic hydroxyl groups excluding tert-OH is 1. The number of aliphatic imine (C=N–C) groups is 1. The van der Waals surface area contributed by atoms with Crippen LogP contribution in [0.15, 0.2) is 53.5 Å². The molecule has 0 saturated carbocycles. The van der Waals surface area contributed by atoms with Gasteiger partial charge in [-0.15, -0.1) is 24.0 Å². The second-order valence-corrected chi connectivity index (χ2v) is 5.01. The second kappa shape index (κ2) is 9.36. The van der Waals surface area contributed by atoms with Gasteiger partial charge in [0.25, 0.3) is 0 Å². The van der Waals surface area contributed by atoms with Crippen molar-refractivity contribution in [2.45, 2.75) is 13.0 Å². The molecule has 0 spiro atoms. The third-order valence-corrected chi connectivity index (χ3v) is 3.24. The molecule has 0 aromatic heterocycles. The van der Waals surface area contributed by atoms with E-state index in [1.807, 2.05) is 49.4 Å². The van der Waals surface area contributed by atoms with Crippen LogP contribution in [0.25, 0.3) is 0 Å². The number of nitrogens with one attached hydrogen (secondary N) is 1. The van der Waals surface area contributed by atoms with Crippen LogP contribution in [0.1, 0.15) is 17.2 Å². The maximum absolute atomic E-state index is 10.1. The van der Waals surface area contributed by atoms with Crippen LogP contribution in [0.4, 0.5) is 5.69 Å². The number of rotatable bonds is 5. The van der Waals surface area contributed by atoms with Crippen LogP contribution >= 0.6 is 24.0 Å². The molecule has 23 heavy (non-hydrogen) atoms. The molecule has 0 bridgehead atoms. The summed E-state index contributed by atoms with van der Waals surface area (Å²) in [6.45, 7) is 2.20. The molecule has 2 rings (SSSR count). The maximum Gasteiger partial charge on any atom is 0.193 e.